The fraction of sp³-hybridized carbons (Fsp3) is 0.200. The number of carbonyl (C=O) groups excluding carboxylic acids is 1. The Bertz CT molecular complexity index is 1480. The molecule has 7 nitrogen and oxygen atoms in total. The van der Waals surface area contributed by atoms with Crippen LogP contribution >= 0.6 is 0 Å². The maximum absolute atomic E-state index is 12.1. The molecule has 5 aromatic rings. The first-order valence-electron chi connectivity index (χ1n) is 10.8. The number of aromatic amines is 1. The molecule has 1 aliphatic heterocycles. The van der Waals surface area contributed by atoms with Crippen LogP contribution in [0.5, 0.6) is 0 Å². The van der Waals surface area contributed by atoms with E-state index in [1.807, 2.05) is 53.3 Å². The predicted octanol–water partition coefficient (Wildman–Crippen LogP) is 4.48. The summed E-state index contributed by atoms with van der Waals surface area (Å²) in [7, 11) is 1.95. The van der Waals surface area contributed by atoms with Crippen molar-refractivity contribution in [2.24, 2.45) is 7.05 Å². The summed E-state index contributed by atoms with van der Waals surface area (Å²) < 4.78 is 1.89. The fourth-order valence-corrected chi connectivity index (χ4v) is 4.75. The average molecular weight is 422 g/mol. The Hall–Kier alpha value is -4.00. The van der Waals surface area contributed by atoms with E-state index in [0.29, 0.717) is 0 Å². The van der Waals surface area contributed by atoms with E-state index < -0.39 is 0 Å². The summed E-state index contributed by atoms with van der Waals surface area (Å²) in [6.07, 6.45) is 5.59. The van der Waals surface area contributed by atoms with Crippen molar-refractivity contribution in [2.75, 3.05) is 11.4 Å². The van der Waals surface area contributed by atoms with Gasteiger partial charge in [0.15, 0.2) is 5.82 Å². The third-order valence-electron chi connectivity index (χ3n) is 6.29. The summed E-state index contributed by atoms with van der Waals surface area (Å²) in [5.74, 6) is 0.810. The third kappa shape index (κ3) is 2.81. The Kier molecular flexibility index (Phi) is 4.11. The number of benzene rings is 2. The van der Waals surface area contributed by atoms with Crippen LogP contribution in [0.25, 0.3) is 44.6 Å². The molecule has 32 heavy (non-hydrogen) atoms. The van der Waals surface area contributed by atoms with Gasteiger partial charge in [-0.2, -0.15) is 5.10 Å². The molecular formula is C25H22N6O. The van der Waals surface area contributed by atoms with Gasteiger partial charge in [-0.1, -0.05) is 18.2 Å². The third-order valence-corrected chi connectivity index (χ3v) is 6.29. The monoisotopic (exact) mass is 422 g/mol. The summed E-state index contributed by atoms with van der Waals surface area (Å²) in [6.45, 7) is 2.36. The minimum Gasteiger partial charge on any atom is -0.337 e. The maximum Gasteiger partial charge on any atom is 0.223 e. The van der Waals surface area contributed by atoms with Gasteiger partial charge in [-0.3, -0.25) is 14.5 Å². The number of pyridine rings is 1. The zero-order valence-corrected chi connectivity index (χ0v) is 18.0. The average Bonchev–Trinajstić information content (AvgIpc) is 3.39. The van der Waals surface area contributed by atoms with Crippen molar-refractivity contribution in [1.82, 2.24) is 24.7 Å². The SMILES string of the molecule is CC(=O)N1CCCc2c(-c3ccc4c(c3)c(-c3nc5ccccc5[nH]3)nn4C)cncc21. The number of imidazole rings is 1. The standard InChI is InChI=1S/C25H22N6O/c1-15(32)31-11-5-6-17-19(13-26-14-23(17)31)16-9-10-22-18(12-16)24(29-30(22)2)25-27-20-7-3-4-8-21(20)28-25/h3-4,7-10,12-14H,5-6,11H2,1-2H3,(H,27,28). The second kappa shape index (κ2) is 7.02. The van der Waals surface area contributed by atoms with Crippen molar-refractivity contribution in [3.8, 4) is 22.6 Å². The van der Waals surface area contributed by atoms with E-state index in [4.69, 9.17) is 10.1 Å². The van der Waals surface area contributed by atoms with Crippen LogP contribution in [0.2, 0.25) is 0 Å². The summed E-state index contributed by atoms with van der Waals surface area (Å²) >= 11 is 0. The van der Waals surface area contributed by atoms with Gasteiger partial charge in [0.05, 0.1) is 28.4 Å². The number of anilines is 1. The number of H-pyrrole nitrogens is 1. The number of carbonyl (C=O) groups is 1. The van der Waals surface area contributed by atoms with Crippen LogP contribution in [-0.2, 0) is 18.3 Å². The molecule has 158 valence electrons. The number of hydrogen-bond donors (Lipinski definition) is 1. The van der Waals surface area contributed by atoms with Gasteiger partial charge in [0.1, 0.15) is 5.69 Å². The number of nitrogens with zero attached hydrogens (tertiary/aromatic N) is 5. The molecule has 0 fully saturated rings. The topological polar surface area (TPSA) is 79.7 Å². The summed E-state index contributed by atoms with van der Waals surface area (Å²) in [5.41, 5.74) is 8.00. The molecule has 0 atom stereocenters. The van der Waals surface area contributed by atoms with Crippen LogP contribution in [-0.4, -0.2) is 37.2 Å². The number of fused-ring (bicyclic) bond motifs is 3. The zero-order chi connectivity index (χ0) is 21.8. The van der Waals surface area contributed by atoms with E-state index in [1.54, 1.807) is 6.92 Å². The second-order valence-electron chi connectivity index (χ2n) is 8.27. The normalized spacial score (nSPS) is 13.6. The molecule has 0 saturated heterocycles. The molecule has 0 aliphatic carbocycles. The summed E-state index contributed by atoms with van der Waals surface area (Å²) in [6, 6.07) is 14.4. The van der Waals surface area contributed by atoms with E-state index in [0.717, 1.165) is 69.7 Å². The van der Waals surface area contributed by atoms with Gasteiger partial charge < -0.3 is 9.88 Å². The van der Waals surface area contributed by atoms with Crippen molar-refractivity contribution in [3.05, 3.63) is 60.4 Å². The highest BCUT2D eigenvalue weighted by molar-refractivity contribution is 5.98. The molecule has 3 aromatic heterocycles. The second-order valence-corrected chi connectivity index (χ2v) is 8.27. The Morgan fingerprint density at radius 3 is 2.84 bits per heavy atom. The Labute approximate surface area is 184 Å². The smallest absolute Gasteiger partial charge is 0.223 e. The molecule has 0 radical (unpaired) electrons. The van der Waals surface area contributed by atoms with E-state index in [2.05, 4.69) is 28.2 Å². The molecule has 1 N–H and O–H groups in total. The zero-order valence-electron chi connectivity index (χ0n) is 18.0. The van der Waals surface area contributed by atoms with Crippen molar-refractivity contribution >= 4 is 33.5 Å². The molecule has 0 spiro atoms. The highest BCUT2D eigenvalue weighted by atomic mass is 16.2. The molecule has 1 aliphatic rings. The van der Waals surface area contributed by atoms with Crippen LogP contribution in [0.1, 0.15) is 18.9 Å². The highest BCUT2D eigenvalue weighted by Gasteiger charge is 2.24. The first kappa shape index (κ1) is 18.7. The number of amides is 1. The van der Waals surface area contributed by atoms with Crippen molar-refractivity contribution in [1.29, 1.82) is 0 Å². The Balaban J connectivity index is 1.53. The number of hydrogen-bond acceptors (Lipinski definition) is 4. The number of aryl methyl sites for hydroxylation is 1. The minimum absolute atomic E-state index is 0.0554. The van der Waals surface area contributed by atoms with Crippen LogP contribution < -0.4 is 4.90 Å². The largest absolute Gasteiger partial charge is 0.337 e. The fourth-order valence-electron chi connectivity index (χ4n) is 4.75. The number of aromatic nitrogens is 5. The summed E-state index contributed by atoms with van der Waals surface area (Å²) in [5, 5.41) is 5.80. The van der Waals surface area contributed by atoms with Crippen LogP contribution in [0.4, 0.5) is 5.69 Å². The van der Waals surface area contributed by atoms with Crippen molar-refractivity contribution < 1.29 is 4.79 Å². The van der Waals surface area contributed by atoms with Gasteiger partial charge in [-0.05, 0) is 48.2 Å². The maximum atomic E-state index is 12.1. The Morgan fingerprint density at radius 1 is 1.12 bits per heavy atom. The number of rotatable bonds is 2. The van der Waals surface area contributed by atoms with E-state index in [1.165, 1.54) is 5.56 Å². The molecule has 0 saturated carbocycles. The molecule has 2 aromatic carbocycles. The van der Waals surface area contributed by atoms with E-state index >= 15 is 0 Å². The van der Waals surface area contributed by atoms with Gasteiger partial charge in [-0.15, -0.1) is 0 Å². The van der Waals surface area contributed by atoms with Gasteiger partial charge in [-0.25, -0.2) is 4.98 Å². The van der Waals surface area contributed by atoms with Crippen LogP contribution in [0.15, 0.2) is 54.9 Å². The van der Waals surface area contributed by atoms with Gasteiger partial charge in [0, 0.05) is 37.7 Å². The van der Waals surface area contributed by atoms with E-state index in [-0.39, 0.29) is 5.91 Å². The predicted molar refractivity (Wildman–Crippen MR) is 125 cm³/mol. The first-order chi connectivity index (χ1) is 15.6. The summed E-state index contributed by atoms with van der Waals surface area (Å²) in [4.78, 5) is 26.6. The molecule has 4 heterocycles. The molecule has 1 amide bonds. The van der Waals surface area contributed by atoms with Crippen LogP contribution in [0, 0.1) is 0 Å². The lowest BCUT2D eigenvalue weighted by Gasteiger charge is -2.29. The number of para-hydroxylation sites is 2. The molecule has 0 unspecified atom stereocenters. The van der Waals surface area contributed by atoms with E-state index in [9.17, 15) is 4.79 Å². The van der Waals surface area contributed by atoms with Gasteiger partial charge >= 0.3 is 0 Å². The lowest BCUT2D eigenvalue weighted by Crippen LogP contribution is -2.33. The molecule has 6 rings (SSSR count). The number of nitrogens with one attached hydrogen (secondary N) is 1. The van der Waals surface area contributed by atoms with Crippen molar-refractivity contribution in [3.63, 3.8) is 0 Å². The lowest BCUT2D eigenvalue weighted by molar-refractivity contribution is -0.116. The molecular weight excluding hydrogens is 400 g/mol. The van der Waals surface area contributed by atoms with Gasteiger partial charge in [0.2, 0.25) is 5.91 Å². The van der Waals surface area contributed by atoms with Crippen LogP contribution in [0.3, 0.4) is 0 Å². The minimum atomic E-state index is 0.0554. The Morgan fingerprint density at radius 2 is 2.00 bits per heavy atom. The highest BCUT2D eigenvalue weighted by Crippen LogP contribution is 2.37. The quantitative estimate of drug-likeness (QED) is 0.455. The molecule has 0 bridgehead atoms. The van der Waals surface area contributed by atoms with Crippen molar-refractivity contribution in [2.45, 2.75) is 19.8 Å². The molecule has 7 heteroatoms. The first-order valence-corrected chi connectivity index (χ1v) is 10.8. The lowest BCUT2D eigenvalue weighted by atomic mass is 9.93. The van der Waals surface area contributed by atoms with Gasteiger partial charge in [0.25, 0.3) is 0 Å².